The molecule has 3 nitrogen and oxygen atoms in total. The van der Waals surface area contributed by atoms with E-state index in [0.29, 0.717) is 18.9 Å². The van der Waals surface area contributed by atoms with Gasteiger partial charge in [-0.3, -0.25) is 4.79 Å². The fourth-order valence-electron chi connectivity index (χ4n) is 3.17. The topological polar surface area (TPSA) is 46.5 Å². The van der Waals surface area contributed by atoms with E-state index in [1.165, 1.54) is 19.3 Å². The summed E-state index contributed by atoms with van der Waals surface area (Å²) in [6, 6.07) is 7.61. The van der Waals surface area contributed by atoms with Crippen molar-refractivity contribution in [2.24, 2.45) is 5.92 Å². The normalized spacial score (nSPS) is 26.9. The highest BCUT2D eigenvalue weighted by Crippen LogP contribution is 2.46. The Labute approximate surface area is 107 Å². The Kier molecular flexibility index (Phi) is 2.77. The van der Waals surface area contributed by atoms with Crippen LogP contribution in [0.15, 0.2) is 24.3 Å². The number of para-hydroxylation sites is 1. The third kappa shape index (κ3) is 1.69. The van der Waals surface area contributed by atoms with Gasteiger partial charge < -0.3 is 9.84 Å². The maximum Gasteiger partial charge on any atom is 0.314 e. The largest absolute Gasteiger partial charge is 0.493 e. The number of carbonyl (C=O) groups is 1. The van der Waals surface area contributed by atoms with E-state index < -0.39 is 11.4 Å². The quantitative estimate of drug-likeness (QED) is 0.891. The minimum atomic E-state index is -0.722. The van der Waals surface area contributed by atoms with Gasteiger partial charge in [0.15, 0.2) is 0 Å². The van der Waals surface area contributed by atoms with Gasteiger partial charge in [0.2, 0.25) is 0 Å². The third-order valence-corrected chi connectivity index (χ3v) is 4.46. The van der Waals surface area contributed by atoms with Crippen LogP contribution in [-0.4, -0.2) is 17.7 Å². The molecule has 3 heteroatoms. The van der Waals surface area contributed by atoms with Crippen LogP contribution in [0.1, 0.15) is 37.7 Å². The summed E-state index contributed by atoms with van der Waals surface area (Å²) in [4.78, 5) is 11.9. The number of hydrogen-bond donors (Lipinski definition) is 1. The van der Waals surface area contributed by atoms with Crippen molar-refractivity contribution in [3.63, 3.8) is 0 Å². The zero-order valence-corrected chi connectivity index (χ0v) is 10.4. The average Bonchev–Trinajstić information content (AvgIpc) is 2.33. The molecule has 1 aromatic carbocycles. The summed E-state index contributed by atoms with van der Waals surface area (Å²) < 4.78 is 5.60. The van der Waals surface area contributed by atoms with Crippen LogP contribution in [0.3, 0.4) is 0 Å². The van der Waals surface area contributed by atoms with Crippen LogP contribution < -0.4 is 4.74 Å². The molecule has 0 radical (unpaired) electrons. The smallest absolute Gasteiger partial charge is 0.314 e. The second-order valence-electron chi connectivity index (χ2n) is 5.48. The lowest BCUT2D eigenvalue weighted by atomic mass is 9.66. The maximum absolute atomic E-state index is 11.9. The van der Waals surface area contributed by atoms with E-state index in [1.54, 1.807) is 0 Å². The molecule has 2 aliphatic rings. The Hall–Kier alpha value is -1.51. The molecule has 1 saturated carbocycles. The number of ether oxygens (including phenoxy) is 1. The molecule has 1 N–H and O–H groups in total. The molecule has 1 unspecified atom stereocenters. The van der Waals surface area contributed by atoms with Crippen LogP contribution in [0.5, 0.6) is 5.75 Å². The molecule has 0 saturated heterocycles. The SMILES string of the molecule is O=C(O)C1(CC2CCC2)CCOc2ccccc21. The highest BCUT2D eigenvalue weighted by molar-refractivity contribution is 5.83. The van der Waals surface area contributed by atoms with E-state index in [2.05, 4.69) is 0 Å². The van der Waals surface area contributed by atoms with E-state index in [9.17, 15) is 9.90 Å². The number of fused-ring (bicyclic) bond motifs is 1. The van der Waals surface area contributed by atoms with Crippen molar-refractivity contribution in [2.45, 2.75) is 37.5 Å². The summed E-state index contributed by atoms with van der Waals surface area (Å²) in [5.41, 5.74) is 0.149. The van der Waals surface area contributed by atoms with Crippen LogP contribution >= 0.6 is 0 Å². The Bertz CT molecular complexity index is 465. The zero-order chi connectivity index (χ0) is 12.6. The molecule has 0 bridgehead atoms. The highest BCUT2D eigenvalue weighted by atomic mass is 16.5. The molecular weight excluding hydrogens is 228 g/mol. The van der Waals surface area contributed by atoms with Gasteiger partial charge >= 0.3 is 5.97 Å². The molecule has 96 valence electrons. The van der Waals surface area contributed by atoms with Crippen LogP contribution in [-0.2, 0) is 10.2 Å². The summed E-state index contributed by atoms with van der Waals surface area (Å²) in [5, 5.41) is 9.75. The Morgan fingerprint density at radius 3 is 2.83 bits per heavy atom. The molecule has 0 spiro atoms. The second kappa shape index (κ2) is 4.30. The maximum atomic E-state index is 11.9. The summed E-state index contributed by atoms with van der Waals surface area (Å²) in [5.74, 6) is 0.642. The lowest BCUT2D eigenvalue weighted by molar-refractivity contribution is -0.146. The van der Waals surface area contributed by atoms with Crippen molar-refractivity contribution >= 4 is 5.97 Å². The van der Waals surface area contributed by atoms with Crippen LogP contribution in [0.25, 0.3) is 0 Å². The van der Waals surface area contributed by atoms with E-state index >= 15 is 0 Å². The highest BCUT2D eigenvalue weighted by Gasteiger charge is 2.46. The van der Waals surface area contributed by atoms with Crippen LogP contribution in [0.4, 0.5) is 0 Å². The summed E-state index contributed by atoms with van der Waals surface area (Å²) in [6.45, 7) is 0.510. The number of carboxylic acids is 1. The fourth-order valence-corrected chi connectivity index (χ4v) is 3.17. The van der Waals surface area contributed by atoms with Gasteiger partial charge in [0.25, 0.3) is 0 Å². The summed E-state index contributed by atoms with van der Waals surface area (Å²) in [6.07, 6.45) is 4.97. The molecule has 1 fully saturated rings. The van der Waals surface area contributed by atoms with Gasteiger partial charge in [0.05, 0.1) is 12.0 Å². The Morgan fingerprint density at radius 2 is 2.17 bits per heavy atom. The summed E-state index contributed by atoms with van der Waals surface area (Å²) >= 11 is 0. The first-order valence-corrected chi connectivity index (χ1v) is 6.68. The van der Waals surface area contributed by atoms with E-state index in [0.717, 1.165) is 17.7 Å². The van der Waals surface area contributed by atoms with Crippen molar-refractivity contribution in [1.82, 2.24) is 0 Å². The minimum Gasteiger partial charge on any atom is -0.493 e. The molecule has 3 rings (SSSR count). The summed E-state index contributed by atoms with van der Waals surface area (Å²) in [7, 11) is 0. The second-order valence-corrected chi connectivity index (χ2v) is 5.48. The molecule has 1 atom stereocenters. The first-order chi connectivity index (χ1) is 8.72. The van der Waals surface area contributed by atoms with Gasteiger partial charge in [-0.05, 0) is 18.4 Å². The van der Waals surface area contributed by atoms with E-state index in [1.807, 2.05) is 24.3 Å². The average molecular weight is 246 g/mol. The molecule has 1 aliphatic carbocycles. The number of aliphatic carboxylic acids is 1. The van der Waals surface area contributed by atoms with Crippen molar-refractivity contribution in [1.29, 1.82) is 0 Å². The standard InChI is InChI=1S/C15H18O3/c16-14(17)15(10-11-4-3-5-11)8-9-18-13-7-2-1-6-12(13)15/h1-2,6-7,11H,3-5,8-10H2,(H,16,17). The van der Waals surface area contributed by atoms with Crippen molar-refractivity contribution in [2.75, 3.05) is 6.61 Å². The number of benzene rings is 1. The van der Waals surface area contributed by atoms with Gasteiger partial charge in [-0.2, -0.15) is 0 Å². The van der Waals surface area contributed by atoms with E-state index in [-0.39, 0.29) is 0 Å². The molecule has 18 heavy (non-hydrogen) atoms. The Balaban J connectivity index is 2.01. The minimum absolute atomic E-state index is 0.510. The van der Waals surface area contributed by atoms with Gasteiger partial charge in [-0.25, -0.2) is 0 Å². The fraction of sp³-hybridized carbons (Fsp3) is 0.533. The first kappa shape index (κ1) is 11.6. The molecule has 0 aromatic heterocycles. The third-order valence-electron chi connectivity index (χ3n) is 4.46. The molecule has 1 aromatic rings. The van der Waals surface area contributed by atoms with E-state index in [4.69, 9.17) is 4.74 Å². The zero-order valence-electron chi connectivity index (χ0n) is 10.4. The lowest BCUT2D eigenvalue weighted by Crippen LogP contribution is -2.43. The molecule has 1 heterocycles. The predicted octanol–water partition coefficient (Wildman–Crippen LogP) is 2.98. The van der Waals surface area contributed by atoms with Gasteiger partial charge in [-0.1, -0.05) is 37.5 Å². The number of carboxylic acid groups (broad SMARTS) is 1. The van der Waals surface area contributed by atoms with Crippen LogP contribution in [0, 0.1) is 5.92 Å². The molecule has 0 amide bonds. The number of hydrogen-bond acceptors (Lipinski definition) is 2. The van der Waals surface area contributed by atoms with Gasteiger partial charge in [0, 0.05) is 12.0 Å². The monoisotopic (exact) mass is 246 g/mol. The predicted molar refractivity (Wildman–Crippen MR) is 67.8 cm³/mol. The first-order valence-electron chi connectivity index (χ1n) is 6.68. The molecule has 1 aliphatic heterocycles. The van der Waals surface area contributed by atoms with Gasteiger partial charge in [-0.15, -0.1) is 0 Å². The lowest BCUT2D eigenvalue weighted by Gasteiger charge is -2.40. The Morgan fingerprint density at radius 1 is 1.39 bits per heavy atom. The number of rotatable bonds is 3. The van der Waals surface area contributed by atoms with Gasteiger partial charge in [0.1, 0.15) is 5.75 Å². The van der Waals surface area contributed by atoms with Crippen molar-refractivity contribution in [3.8, 4) is 5.75 Å². The molecular formula is C15H18O3. The van der Waals surface area contributed by atoms with Crippen LogP contribution in [0.2, 0.25) is 0 Å². The van der Waals surface area contributed by atoms with Crippen molar-refractivity contribution < 1.29 is 14.6 Å². The van der Waals surface area contributed by atoms with Crippen molar-refractivity contribution in [3.05, 3.63) is 29.8 Å².